The molecule has 4 nitrogen and oxygen atoms in total. The number of carbonyl (C=O) groups is 1. The summed E-state index contributed by atoms with van der Waals surface area (Å²) in [6.45, 7) is 8.35. The van der Waals surface area contributed by atoms with Crippen LogP contribution in [0, 0.1) is 0 Å². The number of likely N-dealkylation sites (tertiary alicyclic amines) is 1. The third-order valence-corrected chi connectivity index (χ3v) is 4.02. The summed E-state index contributed by atoms with van der Waals surface area (Å²) in [5.74, 6) is -0.683. The Balaban J connectivity index is 2.64. The highest BCUT2D eigenvalue weighted by atomic mass is 16.5. The average Bonchev–Trinajstić information content (AvgIpc) is 2.33. The maximum atomic E-state index is 11.5. The van der Waals surface area contributed by atoms with Crippen molar-refractivity contribution in [3.05, 3.63) is 0 Å². The zero-order valence-electron chi connectivity index (χ0n) is 11.2. The molecule has 0 atom stereocenters. The topological polar surface area (TPSA) is 49.8 Å². The molecule has 100 valence electrons. The Labute approximate surface area is 104 Å². The van der Waals surface area contributed by atoms with E-state index < -0.39 is 11.5 Å². The van der Waals surface area contributed by atoms with Crippen molar-refractivity contribution < 1.29 is 14.6 Å². The second kappa shape index (κ2) is 6.36. The van der Waals surface area contributed by atoms with Gasteiger partial charge >= 0.3 is 5.97 Å². The van der Waals surface area contributed by atoms with E-state index in [9.17, 15) is 9.90 Å². The first-order valence-corrected chi connectivity index (χ1v) is 6.70. The minimum absolute atomic E-state index is 0.316. The number of ether oxygens (including phenoxy) is 1. The van der Waals surface area contributed by atoms with E-state index >= 15 is 0 Å². The summed E-state index contributed by atoms with van der Waals surface area (Å²) in [5, 5.41) is 9.47. The van der Waals surface area contributed by atoms with E-state index in [1.54, 1.807) is 0 Å². The van der Waals surface area contributed by atoms with Gasteiger partial charge in [-0.3, -0.25) is 9.69 Å². The molecule has 0 spiro atoms. The summed E-state index contributed by atoms with van der Waals surface area (Å²) in [6, 6.07) is 0. The smallest absolute Gasteiger partial charge is 0.324 e. The number of nitrogens with zero attached hydrogens (tertiary/aromatic N) is 1. The van der Waals surface area contributed by atoms with Gasteiger partial charge in [-0.2, -0.15) is 0 Å². The quantitative estimate of drug-likeness (QED) is 0.776. The number of hydrogen-bond donors (Lipinski definition) is 1. The zero-order valence-corrected chi connectivity index (χ0v) is 11.2. The zero-order chi connectivity index (χ0) is 12.9. The Kier molecular flexibility index (Phi) is 5.40. The van der Waals surface area contributed by atoms with Crippen molar-refractivity contribution in [3.63, 3.8) is 0 Å². The molecule has 0 amide bonds. The summed E-state index contributed by atoms with van der Waals surface area (Å²) in [4.78, 5) is 13.6. The Morgan fingerprint density at radius 2 is 1.82 bits per heavy atom. The molecule has 17 heavy (non-hydrogen) atoms. The van der Waals surface area contributed by atoms with Crippen molar-refractivity contribution in [2.75, 3.05) is 19.7 Å². The number of rotatable bonds is 6. The van der Waals surface area contributed by atoms with Crippen LogP contribution in [0.1, 0.15) is 46.5 Å². The molecule has 4 heteroatoms. The molecule has 0 aromatic heterocycles. The van der Waals surface area contributed by atoms with Gasteiger partial charge < -0.3 is 9.84 Å². The molecule has 1 aliphatic heterocycles. The molecule has 0 saturated carbocycles. The maximum Gasteiger partial charge on any atom is 0.324 e. The molecule has 0 radical (unpaired) electrons. The predicted molar refractivity (Wildman–Crippen MR) is 67.2 cm³/mol. The second-order valence-electron chi connectivity index (χ2n) is 4.69. The third-order valence-electron chi connectivity index (χ3n) is 4.02. The van der Waals surface area contributed by atoms with Gasteiger partial charge in [-0.05, 0) is 32.6 Å². The van der Waals surface area contributed by atoms with Crippen LogP contribution in [0.5, 0.6) is 0 Å². The summed E-state index contributed by atoms with van der Waals surface area (Å²) >= 11 is 0. The van der Waals surface area contributed by atoms with E-state index in [1.807, 2.05) is 20.8 Å². The molecule has 0 unspecified atom stereocenters. The standard InChI is InChI=1S/C13H25NO3/c1-4-13(5-2,12(15)16)14-9-7-11(8-10-14)17-6-3/h11H,4-10H2,1-3H3,(H,15,16). The maximum absolute atomic E-state index is 11.5. The molecule has 0 aliphatic carbocycles. The Morgan fingerprint density at radius 3 is 2.18 bits per heavy atom. The van der Waals surface area contributed by atoms with E-state index in [0.717, 1.165) is 32.5 Å². The first kappa shape index (κ1) is 14.5. The number of aliphatic carboxylic acids is 1. The van der Waals surface area contributed by atoms with Crippen molar-refractivity contribution >= 4 is 5.97 Å². The second-order valence-corrected chi connectivity index (χ2v) is 4.69. The van der Waals surface area contributed by atoms with Crippen molar-refractivity contribution in [3.8, 4) is 0 Å². The number of hydrogen-bond acceptors (Lipinski definition) is 3. The van der Waals surface area contributed by atoms with Gasteiger partial charge in [-0.25, -0.2) is 0 Å². The van der Waals surface area contributed by atoms with Crippen molar-refractivity contribution in [1.82, 2.24) is 4.90 Å². The van der Waals surface area contributed by atoms with Gasteiger partial charge in [0.05, 0.1) is 6.10 Å². The molecule has 0 bridgehead atoms. The lowest BCUT2D eigenvalue weighted by molar-refractivity contribution is -0.154. The lowest BCUT2D eigenvalue weighted by Gasteiger charge is -2.43. The van der Waals surface area contributed by atoms with Crippen molar-refractivity contribution in [2.24, 2.45) is 0 Å². The number of piperidine rings is 1. The van der Waals surface area contributed by atoms with Gasteiger partial charge in [0.2, 0.25) is 0 Å². The van der Waals surface area contributed by atoms with E-state index in [1.165, 1.54) is 0 Å². The first-order chi connectivity index (χ1) is 8.10. The fourth-order valence-electron chi connectivity index (χ4n) is 2.82. The Hall–Kier alpha value is -0.610. The van der Waals surface area contributed by atoms with Gasteiger partial charge in [-0.15, -0.1) is 0 Å². The first-order valence-electron chi connectivity index (χ1n) is 6.70. The summed E-state index contributed by atoms with van der Waals surface area (Å²) in [7, 11) is 0. The van der Waals surface area contributed by atoms with Crippen LogP contribution in [0.25, 0.3) is 0 Å². The van der Waals surface area contributed by atoms with E-state index in [-0.39, 0.29) is 0 Å². The van der Waals surface area contributed by atoms with Crippen LogP contribution in [-0.4, -0.2) is 47.3 Å². The van der Waals surface area contributed by atoms with Gasteiger partial charge in [0.15, 0.2) is 0 Å². The lowest BCUT2D eigenvalue weighted by Crippen LogP contribution is -2.57. The van der Waals surface area contributed by atoms with Gasteiger partial charge in [0.1, 0.15) is 5.54 Å². The summed E-state index contributed by atoms with van der Waals surface area (Å²) < 4.78 is 5.60. The molecule has 0 aromatic carbocycles. The van der Waals surface area contributed by atoms with Crippen molar-refractivity contribution in [1.29, 1.82) is 0 Å². The molecular weight excluding hydrogens is 218 g/mol. The lowest BCUT2D eigenvalue weighted by atomic mass is 9.88. The molecule has 1 rings (SSSR count). The van der Waals surface area contributed by atoms with Crippen LogP contribution in [0.4, 0.5) is 0 Å². The van der Waals surface area contributed by atoms with Crippen LogP contribution in [-0.2, 0) is 9.53 Å². The number of carboxylic acid groups (broad SMARTS) is 1. The molecule has 1 fully saturated rings. The summed E-state index contributed by atoms with van der Waals surface area (Å²) in [5.41, 5.74) is -0.669. The average molecular weight is 243 g/mol. The van der Waals surface area contributed by atoms with Gasteiger partial charge in [0, 0.05) is 19.7 Å². The normalized spacial score (nSPS) is 19.5. The van der Waals surface area contributed by atoms with Crippen LogP contribution >= 0.6 is 0 Å². The fraction of sp³-hybridized carbons (Fsp3) is 0.923. The van der Waals surface area contributed by atoms with Crippen LogP contribution in [0.15, 0.2) is 0 Å². The third kappa shape index (κ3) is 2.99. The Morgan fingerprint density at radius 1 is 1.29 bits per heavy atom. The van der Waals surface area contributed by atoms with Crippen LogP contribution in [0.3, 0.4) is 0 Å². The SMILES string of the molecule is CCOC1CCN(C(CC)(CC)C(=O)O)CC1. The molecule has 1 N–H and O–H groups in total. The predicted octanol–water partition coefficient (Wildman–Crippen LogP) is 2.13. The number of carboxylic acids is 1. The minimum atomic E-state index is -0.683. The molecule has 1 heterocycles. The van der Waals surface area contributed by atoms with Crippen molar-refractivity contribution in [2.45, 2.75) is 58.1 Å². The van der Waals surface area contributed by atoms with Gasteiger partial charge in [-0.1, -0.05) is 13.8 Å². The fourth-order valence-corrected chi connectivity index (χ4v) is 2.82. The largest absolute Gasteiger partial charge is 0.480 e. The van der Waals surface area contributed by atoms with E-state index in [0.29, 0.717) is 18.9 Å². The van der Waals surface area contributed by atoms with Crippen LogP contribution < -0.4 is 0 Å². The monoisotopic (exact) mass is 243 g/mol. The molecular formula is C13H25NO3. The van der Waals surface area contributed by atoms with E-state index in [2.05, 4.69) is 4.90 Å². The molecule has 1 aliphatic rings. The highest BCUT2D eigenvalue weighted by molar-refractivity contribution is 5.78. The molecule has 0 aromatic rings. The van der Waals surface area contributed by atoms with Crippen LogP contribution in [0.2, 0.25) is 0 Å². The Bertz CT molecular complexity index is 243. The molecule has 1 saturated heterocycles. The highest BCUT2D eigenvalue weighted by Crippen LogP contribution is 2.28. The minimum Gasteiger partial charge on any atom is -0.480 e. The van der Waals surface area contributed by atoms with Gasteiger partial charge in [0.25, 0.3) is 0 Å². The summed E-state index contributed by atoms with van der Waals surface area (Å²) in [6.07, 6.45) is 3.54. The van der Waals surface area contributed by atoms with E-state index in [4.69, 9.17) is 4.74 Å². The highest BCUT2D eigenvalue weighted by Gasteiger charge is 2.42.